The van der Waals surface area contributed by atoms with Gasteiger partial charge in [0.15, 0.2) is 17.1 Å². The standard InChI is InChI=1S/C20H18F4N4O2/c1-5-19(22)9-20(23,24)18(4,28-17(19)25)13-8-12(6-7-14(13)21)27-16(29)15-10(2)30-11(3)26-15/h1,6-8H,9H2,2-4H3,(H2,25,28)(H,27,29)/t18-,19+/m1/s1. The number of carbonyl (C=O) groups is 1. The first kappa shape index (κ1) is 21.4. The number of anilines is 1. The maximum Gasteiger partial charge on any atom is 0.281 e. The van der Waals surface area contributed by atoms with Crippen LogP contribution in [0.1, 0.15) is 41.0 Å². The summed E-state index contributed by atoms with van der Waals surface area (Å²) in [7, 11) is 0. The predicted molar refractivity (Wildman–Crippen MR) is 102 cm³/mol. The lowest BCUT2D eigenvalue weighted by Gasteiger charge is -2.42. The molecule has 2 heterocycles. The van der Waals surface area contributed by atoms with Crippen molar-refractivity contribution in [3.63, 3.8) is 0 Å². The monoisotopic (exact) mass is 422 g/mol. The van der Waals surface area contributed by atoms with Crippen LogP contribution < -0.4 is 11.1 Å². The Labute approximate surface area is 169 Å². The maximum atomic E-state index is 14.9. The van der Waals surface area contributed by atoms with E-state index < -0.39 is 46.7 Å². The third-order valence-electron chi connectivity index (χ3n) is 5.02. The van der Waals surface area contributed by atoms with E-state index in [2.05, 4.69) is 15.3 Å². The highest BCUT2D eigenvalue weighted by molar-refractivity contribution is 6.03. The molecular formula is C20H18F4N4O2. The minimum atomic E-state index is -3.87. The van der Waals surface area contributed by atoms with Gasteiger partial charge in [-0.1, -0.05) is 5.92 Å². The molecule has 2 atom stereocenters. The van der Waals surface area contributed by atoms with Crippen molar-refractivity contribution in [3.8, 4) is 12.3 Å². The smallest absolute Gasteiger partial charge is 0.281 e. The van der Waals surface area contributed by atoms with Gasteiger partial charge in [-0.3, -0.25) is 9.79 Å². The van der Waals surface area contributed by atoms with Gasteiger partial charge in [-0.2, -0.15) is 0 Å². The SMILES string of the molecule is C#C[C@]1(F)CC(F)(F)[C@@](C)(c2cc(NC(=O)c3nc(C)oc3C)ccc2F)N=C1N. The number of oxazole rings is 1. The number of rotatable bonds is 3. The number of amidine groups is 1. The molecular weight excluding hydrogens is 404 g/mol. The summed E-state index contributed by atoms with van der Waals surface area (Å²) in [4.78, 5) is 19.9. The van der Waals surface area contributed by atoms with E-state index in [1.54, 1.807) is 12.8 Å². The van der Waals surface area contributed by atoms with E-state index in [-0.39, 0.29) is 23.0 Å². The molecule has 0 radical (unpaired) electrons. The molecule has 0 aliphatic carbocycles. The molecule has 1 aliphatic heterocycles. The zero-order chi connectivity index (χ0) is 22.5. The number of nitrogens with zero attached hydrogens (tertiary/aromatic N) is 2. The van der Waals surface area contributed by atoms with Crippen molar-refractivity contribution in [2.75, 3.05) is 5.32 Å². The molecule has 3 N–H and O–H groups in total. The number of aliphatic imine (C=N–C) groups is 1. The average Bonchev–Trinajstić information content (AvgIpc) is 2.99. The minimum absolute atomic E-state index is 0.00344. The molecule has 10 heteroatoms. The van der Waals surface area contributed by atoms with Crippen LogP contribution in [0.2, 0.25) is 0 Å². The highest BCUT2D eigenvalue weighted by atomic mass is 19.3. The Morgan fingerprint density at radius 3 is 2.57 bits per heavy atom. The number of benzene rings is 1. The van der Waals surface area contributed by atoms with E-state index in [1.165, 1.54) is 13.0 Å². The Morgan fingerprint density at radius 2 is 2.00 bits per heavy atom. The first-order chi connectivity index (χ1) is 13.8. The molecule has 0 bridgehead atoms. The second kappa shape index (κ2) is 6.86. The van der Waals surface area contributed by atoms with Gasteiger partial charge in [0, 0.05) is 18.2 Å². The van der Waals surface area contributed by atoms with E-state index in [0.717, 1.165) is 19.1 Å². The summed E-state index contributed by atoms with van der Waals surface area (Å²) in [6, 6.07) is 3.05. The van der Waals surface area contributed by atoms with Crippen LogP contribution in [0.4, 0.5) is 23.2 Å². The molecule has 30 heavy (non-hydrogen) atoms. The van der Waals surface area contributed by atoms with Crippen molar-refractivity contribution in [3.05, 3.63) is 46.9 Å². The lowest BCUT2D eigenvalue weighted by atomic mass is 9.77. The molecule has 0 spiro atoms. The molecule has 1 aliphatic rings. The number of hydrogen-bond acceptors (Lipinski definition) is 5. The van der Waals surface area contributed by atoms with Crippen molar-refractivity contribution in [1.29, 1.82) is 0 Å². The Bertz CT molecular complexity index is 1100. The highest BCUT2D eigenvalue weighted by Gasteiger charge is 2.61. The first-order valence-corrected chi connectivity index (χ1v) is 8.79. The Morgan fingerprint density at radius 1 is 1.33 bits per heavy atom. The fraction of sp³-hybridized carbons (Fsp3) is 0.350. The lowest BCUT2D eigenvalue weighted by Crippen LogP contribution is -2.56. The van der Waals surface area contributed by atoms with Crippen LogP contribution in [-0.2, 0) is 5.54 Å². The third-order valence-corrected chi connectivity index (χ3v) is 5.02. The number of alkyl halides is 3. The second-order valence-electron chi connectivity index (χ2n) is 7.18. The minimum Gasteiger partial charge on any atom is -0.445 e. The van der Waals surface area contributed by atoms with Crippen LogP contribution in [-0.4, -0.2) is 28.3 Å². The normalized spacial score (nSPS) is 25.3. The number of carbonyl (C=O) groups excluding carboxylic acids is 1. The molecule has 0 saturated carbocycles. The molecule has 2 aromatic rings. The van der Waals surface area contributed by atoms with E-state index in [0.29, 0.717) is 0 Å². The fourth-order valence-electron chi connectivity index (χ4n) is 3.27. The largest absolute Gasteiger partial charge is 0.445 e. The van der Waals surface area contributed by atoms with Crippen molar-refractivity contribution >= 4 is 17.4 Å². The molecule has 0 fully saturated rings. The molecule has 0 unspecified atom stereocenters. The summed E-state index contributed by atoms with van der Waals surface area (Å²) in [6.07, 6.45) is 3.54. The van der Waals surface area contributed by atoms with Crippen molar-refractivity contribution in [1.82, 2.24) is 4.98 Å². The molecule has 0 saturated heterocycles. The third kappa shape index (κ3) is 3.30. The number of halogens is 4. The zero-order valence-electron chi connectivity index (χ0n) is 16.3. The van der Waals surface area contributed by atoms with Gasteiger partial charge in [-0.05, 0) is 32.0 Å². The maximum absolute atomic E-state index is 14.9. The van der Waals surface area contributed by atoms with Gasteiger partial charge in [0.25, 0.3) is 11.8 Å². The molecule has 6 nitrogen and oxygen atoms in total. The number of amides is 1. The van der Waals surface area contributed by atoms with Gasteiger partial charge >= 0.3 is 0 Å². The number of aromatic nitrogens is 1. The Hall–Kier alpha value is -3.35. The Kier molecular flexibility index (Phi) is 4.89. The van der Waals surface area contributed by atoms with Gasteiger partial charge in [0.1, 0.15) is 17.4 Å². The topological polar surface area (TPSA) is 93.5 Å². The van der Waals surface area contributed by atoms with Crippen LogP contribution in [0.25, 0.3) is 0 Å². The van der Waals surface area contributed by atoms with Gasteiger partial charge in [0.05, 0.1) is 6.42 Å². The van der Waals surface area contributed by atoms with Crippen molar-refractivity contribution in [2.45, 2.75) is 44.3 Å². The number of nitrogens with one attached hydrogen (secondary N) is 1. The van der Waals surface area contributed by atoms with Crippen molar-refractivity contribution < 1.29 is 26.8 Å². The Balaban J connectivity index is 2.04. The van der Waals surface area contributed by atoms with Crippen molar-refractivity contribution in [2.24, 2.45) is 10.7 Å². The van der Waals surface area contributed by atoms with Gasteiger partial charge in [-0.25, -0.2) is 22.5 Å². The van der Waals surface area contributed by atoms with Crippen LogP contribution in [0.5, 0.6) is 0 Å². The predicted octanol–water partition coefficient (Wildman–Crippen LogP) is 3.64. The van der Waals surface area contributed by atoms with Gasteiger partial charge in [0.2, 0.25) is 5.67 Å². The number of terminal acetylenes is 1. The summed E-state index contributed by atoms with van der Waals surface area (Å²) in [6.45, 7) is 4.00. The average molecular weight is 422 g/mol. The molecule has 1 aromatic carbocycles. The number of hydrogen-bond donors (Lipinski definition) is 2. The van der Waals surface area contributed by atoms with Gasteiger partial charge in [-0.15, -0.1) is 6.42 Å². The molecule has 158 valence electrons. The van der Waals surface area contributed by atoms with Gasteiger partial charge < -0.3 is 15.5 Å². The van der Waals surface area contributed by atoms with Crippen LogP contribution in [0.15, 0.2) is 27.6 Å². The lowest BCUT2D eigenvalue weighted by molar-refractivity contribution is -0.101. The number of nitrogens with two attached hydrogens (primary N) is 1. The van der Waals surface area contributed by atoms with E-state index in [9.17, 15) is 22.4 Å². The van der Waals surface area contributed by atoms with E-state index in [1.807, 2.05) is 0 Å². The van der Waals surface area contributed by atoms with E-state index >= 15 is 0 Å². The summed E-state index contributed by atoms with van der Waals surface area (Å²) < 4.78 is 64.1. The molecule has 3 rings (SSSR count). The summed E-state index contributed by atoms with van der Waals surface area (Å²) in [5.74, 6) is -4.34. The summed E-state index contributed by atoms with van der Waals surface area (Å²) in [5.41, 5.74) is -0.582. The molecule has 1 aromatic heterocycles. The quantitative estimate of drug-likeness (QED) is 0.584. The van der Waals surface area contributed by atoms with Crippen LogP contribution in [0, 0.1) is 32.0 Å². The summed E-state index contributed by atoms with van der Waals surface area (Å²) in [5, 5.41) is 2.44. The molecule has 1 amide bonds. The fourth-order valence-corrected chi connectivity index (χ4v) is 3.27. The van der Waals surface area contributed by atoms with E-state index in [4.69, 9.17) is 16.6 Å². The van der Waals surface area contributed by atoms with Crippen LogP contribution in [0.3, 0.4) is 0 Å². The zero-order valence-corrected chi connectivity index (χ0v) is 16.3. The highest BCUT2D eigenvalue weighted by Crippen LogP contribution is 2.50. The first-order valence-electron chi connectivity index (χ1n) is 8.79. The van der Waals surface area contributed by atoms with Crippen LogP contribution >= 0.6 is 0 Å². The number of aryl methyl sites for hydroxylation is 2. The summed E-state index contributed by atoms with van der Waals surface area (Å²) >= 11 is 0. The second-order valence-corrected chi connectivity index (χ2v) is 7.18.